The van der Waals surface area contributed by atoms with Crippen LogP contribution in [0.1, 0.15) is 24.3 Å². The molecule has 0 radical (unpaired) electrons. The van der Waals surface area contributed by atoms with Crippen LogP contribution in [0.5, 0.6) is 0 Å². The lowest BCUT2D eigenvalue weighted by Gasteiger charge is -2.39. The van der Waals surface area contributed by atoms with Gasteiger partial charge in [-0.3, -0.25) is 9.80 Å². The maximum absolute atomic E-state index is 12.2. The van der Waals surface area contributed by atoms with Crippen molar-refractivity contribution in [2.24, 2.45) is 5.92 Å². The average Bonchev–Trinajstić information content (AvgIpc) is 2.99. The number of hydrazine groups is 1. The SMILES string of the molecule is O=C1C=C(C2CCNCC2)N2NCC(c3ccccc3)C2N1. The Bertz CT molecular complexity index is 580. The van der Waals surface area contributed by atoms with Gasteiger partial charge in [-0.05, 0) is 31.5 Å². The Kier molecular flexibility index (Phi) is 3.60. The third-order valence-electron chi connectivity index (χ3n) is 4.97. The minimum atomic E-state index is 0.0183. The van der Waals surface area contributed by atoms with Gasteiger partial charge in [0.1, 0.15) is 6.17 Å². The molecule has 22 heavy (non-hydrogen) atoms. The number of amides is 1. The normalized spacial score (nSPS) is 29.0. The summed E-state index contributed by atoms with van der Waals surface area (Å²) in [4.78, 5) is 12.2. The molecule has 2 fully saturated rings. The van der Waals surface area contributed by atoms with Crippen LogP contribution in [0.25, 0.3) is 0 Å². The predicted octanol–water partition coefficient (Wildman–Crippen LogP) is 0.930. The summed E-state index contributed by atoms with van der Waals surface area (Å²) < 4.78 is 0. The van der Waals surface area contributed by atoms with Crippen LogP contribution in [0.4, 0.5) is 0 Å². The Morgan fingerprint density at radius 1 is 1.09 bits per heavy atom. The summed E-state index contributed by atoms with van der Waals surface area (Å²) in [6, 6.07) is 10.4. The number of benzene rings is 1. The molecule has 2 saturated heterocycles. The van der Waals surface area contributed by atoms with Crippen LogP contribution >= 0.6 is 0 Å². The lowest BCUT2D eigenvalue weighted by Crippen LogP contribution is -2.53. The number of carbonyl (C=O) groups excluding carboxylic acids is 1. The van der Waals surface area contributed by atoms with Crippen molar-refractivity contribution in [1.82, 2.24) is 21.1 Å². The van der Waals surface area contributed by atoms with Crippen LogP contribution in [0.15, 0.2) is 42.1 Å². The molecule has 3 aliphatic heterocycles. The summed E-state index contributed by atoms with van der Waals surface area (Å²) in [6.07, 6.45) is 4.00. The van der Waals surface area contributed by atoms with E-state index in [-0.39, 0.29) is 18.0 Å². The molecule has 2 atom stereocenters. The topological polar surface area (TPSA) is 56.4 Å². The highest BCUT2D eigenvalue weighted by Gasteiger charge is 2.41. The van der Waals surface area contributed by atoms with Crippen molar-refractivity contribution >= 4 is 5.91 Å². The number of rotatable bonds is 2. The van der Waals surface area contributed by atoms with E-state index < -0.39 is 0 Å². The number of nitrogens with zero attached hydrogens (tertiary/aromatic N) is 1. The van der Waals surface area contributed by atoms with E-state index in [1.54, 1.807) is 6.08 Å². The second kappa shape index (κ2) is 5.74. The Balaban J connectivity index is 1.60. The molecule has 0 aromatic heterocycles. The minimum Gasteiger partial charge on any atom is -0.330 e. The zero-order valence-corrected chi connectivity index (χ0v) is 12.6. The van der Waals surface area contributed by atoms with E-state index >= 15 is 0 Å². The number of hydrogen-bond donors (Lipinski definition) is 3. The van der Waals surface area contributed by atoms with Crippen molar-refractivity contribution in [1.29, 1.82) is 0 Å². The first-order valence-electron chi connectivity index (χ1n) is 8.13. The summed E-state index contributed by atoms with van der Waals surface area (Å²) >= 11 is 0. The molecule has 1 aromatic rings. The summed E-state index contributed by atoms with van der Waals surface area (Å²) in [5.41, 5.74) is 5.94. The molecule has 4 rings (SSSR count). The van der Waals surface area contributed by atoms with Gasteiger partial charge in [0.15, 0.2) is 0 Å². The third kappa shape index (κ3) is 2.40. The molecule has 1 aromatic carbocycles. The van der Waals surface area contributed by atoms with E-state index in [4.69, 9.17) is 0 Å². The first-order valence-corrected chi connectivity index (χ1v) is 8.13. The van der Waals surface area contributed by atoms with Crippen LogP contribution in [-0.2, 0) is 4.79 Å². The molecule has 0 aliphatic carbocycles. The van der Waals surface area contributed by atoms with E-state index in [0.717, 1.165) is 38.2 Å². The summed E-state index contributed by atoms with van der Waals surface area (Å²) in [5, 5.41) is 8.72. The minimum absolute atomic E-state index is 0.0183. The molecule has 0 spiro atoms. The molecule has 3 N–H and O–H groups in total. The molecular weight excluding hydrogens is 276 g/mol. The van der Waals surface area contributed by atoms with Crippen molar-refractivity contribution in [3.05, 3.63) is 47.7 Å². The van der Waals surface area contributed by atoms with E-state index in [9.17, 15) is 4.79 Å². The lowest BCUT2D eigenvalue weighted by atomic mass is 9.91. The van der Waals surface area contributed by atoms with E-state index in [1.165, 1.54) is 5.56 Å². The fourth-order valence-electron chi connectivity index (χ4n) is 3.83. The number of allylic oxidation sites excluding steroid dienone is 1. The van der Waals surface area contributed by atoms with Crippen molar-refractivity contribution in [2.75, 3.05) is 19.6 Å². The van der Waals surface area contributed by atoms with Crippen molar-refractivity contribution < 1.29 is 4.79 Å². The molecule has 0 saturated carbocycles. The lowest BCUT2D eigenvalue weighted by molar-refractivity contribution is -0.119. The van der Waals surface area contributed by atoms with Crippen LogP contribution < -0.4 is 16.1 Å². The smallest absolute Gasteiger partial charge is 0.247 e. The zero-order chi connectivity index (χ0) is 14.9. The fourth-order valence-corrected chi connectivity index (χ4v) is 3.83. The van der Waals surface area contributed by atoms with Crippen molar-refractivity contribution in [3.8, 4) is 0 Å². The van der Waals surface area contributed by atoms with Crippen LogP contribution in [0, 0.1) is 5.92 Å². The molecule has 2 unspecified atom stereocenters. The van der Waals surface area contributed by atoms with Crippen LogP contribution in [0.2, 0.25) is 0 Å². The van der Waals surface area contributed by atoms with Gasteiger partial charge in [-0.15, -0.1) is 0 Å². The molecule has 1 amide bonds. The number of piperidine rings is 1. The Labute approximate surface area is 130 Å². The van der Waals surface area contributed by atoms with Gasteiger partial charge in [-0.2, -0.15) is 0 Å². The predicted molar refractivity (Wildman–Crippen MR) is 84.6 cm³/mol. The van der Waals surface area contributed by atoms with Gasteiger partial charge in [-0.25, -0.2) is 5.43 Å². The first kappa shape index (κ1) is 13.8. The second-order valence-electron chi connectivity index (χ2n) is 6.30. The Morgan fingerprint density at radius 3 is 2.64 bits per heavy atom. The van der Waals surface area contributed by atoms with Gasteiger partial charge in [0.05, 0.1) is 0 Å². The van der Waals surface area contributed by atoms with Crippen molar-refractivity contribution in [3.63, 3.8) is 0 Å². The molecular formula is C17H22N4O. The maximum Gasteiger partial charge on any atom is 0.247 e. The molecule has 0 bridgehead atoms. The number of hydrogen-bond acceptors (Lipinski definition) is 4. The highest BCUT2D eigenvalue weighted by Crippen LogP contribution is 2.34. The van der Waals surface area contributed by atoms with E-state index in [1.807, 2.05) is 6.07 Å². The summed E-state index contributed by atoms with van der Waals surface area (Å²) in [5.74, 6) is 0.798. The molecule has 116 valence electrons. The maximum atomic E-state index is 12.2. The Morgan fingerprint density at radius 2 is 1.86 bits per heavy atom. The number of nitrogens with one attached hydrogen (secondary N) is 3. The van der Waals surface area contributed by atoms with Crippen molar-refractivity contribution in [2.45, 2.75) is 24.9 Å². The van der Waals surface area contributed by atoms with Crippen LogP contribution in [-0.4, -0.2) is 36.7 Å². The highest BCUT2D eigenvalue weighted by molar-refractivity contribution is 5.89. The van der Waals surface area contributed by atoms with Gasteiger partial charge in [0.25, 0.3) is 0 Å². The molecule has 3 aliphatic rings. The second-order valence-corrected chi connectivity index (χ2v) is 6.30. The van der Waals surface area contributed by atoms with Gasteiger partial charge in [0, 0.05) is 30.2 Å². The monoisotopic (exact) mass is 298 g/mol. The van der Waals surface area contributed by atoms with E-state index in [0.29, 0.717) is 5.92 Å². The number of fused-ring (bicyclic) bond motifs is 1. The summed E-state index contributed by atoms with van der Waals surface area (Å²) in [7, 11) is 0. The standard InChI is InChI=1S/C17H22N4O/c22-16-10-15(13-6-8-18-9-7-13)21-17(20-16)14(11-19-21)12-4-2-1-3-5-12/h1-5,10,13-14,17-19H,6-9,11H2,(H,20,22). The first-order chi connectivity index (χ1) is 10.8. The number of carbonyl (C=O) groups is 1. The fraction of sp³-hybridized carbons (Fsp3) is 0.471. The largest absolute Gasteiger partial charge is 0.330 e. The quantitative estimate of drug-likeness (QED) is 0.760. The van der Waals surface area contributed by atoms with Gasteiger partial charge < -0.3 is 10.6 Å². The van der Waals surface area contributed by atoms with E-state index in [2.05, 4.69) is 45.3 Å². The zero-order valence-electron chi connectivity index (χ0n) is 12.6. The third-order valence-corrected chi connectivity index (χ3v) is 4.97. The molecule has 5 nitrogen and oxygen atoms in total. The summed E-state index contributed by atoms with van der Waals surface area (Å²) in [6.45, 7) is 2.92. The Hall–Kier alpha value is -1.85. The molecule has 5 heteroatoms. The van der Waals surface area contributed by atoms with Crippen LogP contribution in [0.3, 0.4) is 0 Å². The highest BCUT2D eigenvalue weighted by atomic mass is 16.2. The van der Waals surface area contributed by atoms with Gasteiger partial charge in [-0.1, -0.05) is 30.3 Å². The molecule has 3 heterocycles. The van der Waals surface area contributed by atoms with Gasteiger partial charge in [0.2, 0.25) is 5.91 Å². The van der Waals surface area contributed by atoms with Gasteiger partial charge >= 0.3 is 0 Å². The average molecular weight is 298 g/mol.